The van der Waals surface area contributed by atoms with Gasteiger partial charge in [0.25, 0.3) is 11.5 Å². The zero-order valence-corrected chi connectivity index (χ0v) is 18.7. The van der Waals surface area contributed by atoms with Crippen molar-refractivity contribution in [2.24, 2.45) is 0 Å². The molecule has 1 fully saturated rings. The molecule has 1 aliphatic heterocycles. The Kier molecular flexibility index (Phi) is 5.83. The predicted molar refractivity (Wildman–Crippen MR) is 128 cm³/mol. The van der Waals surface area contributed by atoms with E-state index in [0.29, 0.717) is 48.6 Å². The van der Waals surface area contributed by atoms with Gasteiger partial charge in [0.1, 0.15) is 17.0 Å². The summed E-state index contributed by atoms with van der Waals surface area (Å²) in [5.41, 5.74) is 2.63. The Balaban J connectivity index is 1.48. The molecule has 0 radical (unpaired) electrons. The summed E-state index contributed by atoms with van der Waals surface area (Å²) in [6.45, 7) is 3.91. The molecule has 1 aliphatic rings. The number of para-hydroxylation sites is 1. The number of methoxy groups -OCH3 is 1. The highest BCUT2D eigenvalue weighted by atomic mass is 16.5. The van der Waals surface area contributed by atoms with Crippen LogP contribution in [0.15, 0.2) is 65.6 Å². The highest BCUT2D eigenvalue weighted by Crippen LogP contribution is 2.21. The van der Waals surface area contributed by atoms with Crippen LogP contribution in [0.5, 0.6) is 0 Å². The van der Waals surface area contributed by atoms with Crippen LogP contribution >= 0.6 is 0 Å². The van der Waals surface area contributed by atoms with Gasteiger partial charge in [-0.1, -0.05) is 24.3 Å². The van der Waals surface area contributed by atoms with E-state index in [1.54, 1.807) is 31.5 Å². The average Bonchev–Trinajstić information content (AvgIpc) is 3.23. The summed E-state index contributed by atoms with van der Waals surface area (Å²) in [5, 5.41) is 0.461. The number of pyridine rings is 1. The molecular weight excluding hydrogens is 418 g/mol. The normalized spacial score (nSPS) is 14.3. The number of aromatic nitrogens is 3. The Morgan fingerprint density at radius 1 is 1.03 bits per heavy atom. The molecule has 0 spiro atoms. The van der Waals surface area contributed by atoms with Gasteiger partial charge in [-0.05, 0) is 36.8 Å². The maximum absolute atomic E-state index is 13.6. The molecular formula is C25H27N5O3. The third-order valence-corrected chi connectivity index (χ3v) is 6.21. The molecule has 1 aromatic carbocycles. The number of amides is 1. The molecule has 3 aromatic heterocycles. The number of aryl methyl sites for hydroxylation is 1. The number of anilines is 1. The van der Waals surface area contributed by atoms with Gasteiger partial charge in [0.2, 0.25) is 0 Å². The number of hydrogen-bond acceptors (Lipinski definition) is 5. The Hall–Kier alpha value is -3.65. The van der Waals surface area contributed by atoms with Crippen molar-refractivity contribution in [2.45, 2.75) is 13.0 Å². The average molecular weight is 446 g/mol. The van der Waals surface area contributed by atoms with Crippen molar-refractivity contribution in [1.82, 2.24) is 18.9 Å². The fourth-order valence-corrected chi connectivity index (χ4v) is 4.49. The first-order valence-corrected chi connectivity index (χ1v) is 11.3. The lowest BCUT2D eigenvalue weighted by Gasteiger charge is -2.36. The van der Waals surface area contributed by atoms with Crippen LogP contribution in [0, 0.1) is 0 Å². The number of rotatable bonds is 6. The molecule has 0 aliphatic carbocycles. The van der Waals surface area contributed by atoms with Crippen LogP contribution in [0.2, 0.25) is 0 Å². The number of hydrogen-bond donors (Lipinski definition) is 0. The van der Waals surface area contributed by atoms with Crippen molar-refractivity contribution >= 4 is 28.3 Å². The first-order valence-electron chi connectivity index (χ1n) is 11.3. The maximum Gasteiger partial charge on any atom is 0.270 e. The molecule has 33 heavy (non-hydrogen) atoms. The summed E-state index contributed by atoms with van der Waals surface area (Å²) < 4.78 is 8.62. The lowest BCUT2D eigenvalue weighted by molar-refractivity contribution is 0.0735. The second-order valence-corrected chi connectivity index (χ2v) is 8.23. The molecule has 1 saturated heterocycles. The van der Waals surface area contributed by atoms with Gasteiger partial charge in [0, 0.05) is 58.3 Å². The van der Waals surface area contributed by atoms with Crippen molar-refractivity contribution < 1.29 is 9.53 Å². The van der Waals surface area contributed by atoms with Crippen LogP contribution in [-0.4, -0.2) is 64.7 Å². The minimum atomic E-state index is -0.163. The van der Waals surface area contributed by atoms with E-state index in [9.17, 15) is 9.59 Å². The second-order valence-electron chi connectivity index (χ2n) is 8.23. The van der Waals surface area contributed by atoms with Gasteiger partial charge in [-0.15, -0.1) is 0 Å². The largest absolute Gasteiger partial charge is 0.385 e. The standard InChI is InChI=1S/C25H27N5O3/c1-33-17-7-12-29-21(18-20-23(29)26-22-10-5-6-11-30(22)24(20)31)25(32)28-15-13-27(14-16-28)19-8-3-2-4-9-19/h2-6,8-11,18H,7,12-17H2,1H3. The molecule has 8 nitrogen and oxygen atoms in total. The van der Waals surface area contributed by atoms with E-state index in [0.717, 1.165) is 19.5 Å². The Morgan fingerprint density at radius 2 is 1.79 bits per heavy atom. The lowest BCUT2D eigenvalue weighted by Crippen LogP contribution is -2.49. The predicted octanol–water partition coefficient (Wildman–Crippen LogP) is 2.65. The van der Waals surface area contributed by atoms with Crippen LogP contribution in [0.3, 0.4) is 0 Å². The minimum Gasteiger partial charge on any atom is -0.385 e. The number of carbonyl (C=O) groups excluding carboxylic acids is 1. The monoisotopic (exact) mass is 445 g/mol. The number of ether oxygens (including phenoxy) is 1. The number of piperazine rings is 1. The number of benzene rings is 1. The van der Waals surface area contributed by atoms with E-state index in [1.165, 1.54) is 10.1 Å². The quantitative estimate of drug-likeness (QED) is 0.427. The van der Waals surface area contributed by atoms with E-state index in [-0.39, 0.29) is 11.5 Å². The van der Waals surface area contributed by atoms with E-state index < -0.39 is 0 Å². The second kappa shape index (κ2) is 9.07. The molecule has 0 saturated carbocycles. The molecule has 5 rings (SSSR count). The minimum absolute atomic E-state index is 0.0633. The summed E-state index contributed by atoms with van der Waals surface area (Å²) >= 11 is 0. The Labute approximate surface area is 191 Å². The molecule has 4 heterocycles. The number of fused-ring (bicyclic) bond motifs is 2. The smallest absolute Gasteiger partial charge is 0.270 e. The van der Waals surface area contributed by atoms with Crippen molar-refractivity contribution in [3.05, 3.63) is 76.8 Å². The van der Waals surface area contributed by atoms with Gasteiger partial charge >= 0.3 is 0 Å². The van der Waals surface area contributed by atoms with Crippen molar-refractivity contribution in [2.75, 3.05) is 44.8 Å². The molecule has 0 bridgehead atoms. The maximum atomic E-state index is 13.6. The molecule has 0 N–H and O–H groups in total. The highest BCUT2D eigenvalue weighted by Gasteiger charge is 2.26. The van der Waals surface area contributed by atoms with Gasteiger partial charge in [-0.2, -0.15) is 0 Å². The van der Waals surface area contributed by atoms with E-state index in [2.05, 4.69) is 17.0 Å². The van der Waals surface area contributed by atoms with Gasteiger partial charge in [0.15, 0.2) is 0 Å². The fourth-order valence-electron chi connectivity index (χ4n) is 4.49. The summed E-state index contributed by atoms with van der Waals surface area (Å²) in [6.07, 6.45) is 2.43. The van der Waals surface area contributed by atoms with Gasteiger partial charge in [-0.3, -0.25) is 14.0 Å². The Morgan fingerprint density at radius 3 is 2.55 bits per heavy atom. The summed E-state index contributed by atoms with van der Waals surface area (Å²) in [5.74, 6) is -0.0633. The first kappa shape index (κ1) is 21.2. The van der Waals surface area contributed by atoms with Crippen molar-refractivity contribution in [3.63, 3.8) is 0 Å². The first-order chi connectivity index (χ1) is 16.2. The van der Waals surface area contributed by atoms with Crippen LogP contribution in [-0.2, 0) is 11.3 Å². The molecule has 170 valence electrons. The summed E-state index contributed by atoms with van der Waals surface area (Å²) in [6, 6.07) is 17.4. The third kappa shape index (κ3) is 3.98. The van der Waals surface area contributed by atoms with Crippen LogP contribution < -0.4 is 10.5 Å². The van der Waals surface area contributed by atoms with Crippen LogP contribution in [0.4, 0.5) is 5.69 Å². The molecule has 8 heteroatoms. The zero-order chi connectivity index (χ0) is 22.8. The van der Waals surface area contributed by atoms with Gasteiger partial charge < -0.3 is 19.1 Å². The molecule has 0 unspecified atom stereocenters. The van der Waals surface area contributed by atoms with Gasteiger partial charge in [-0.25, -0.2) is 4.98 Å². The Bertz CT molecular complexity index is 1340. The lowest BCUT2D eigenvalue weighted by atomic mass is 10.2. The summed E-state index contributed by atoms with van der Waals surface area (Å²) in [7, 11) is 1.66. The van der Waals surface area contributed by atoms with Crippen molar-refractivity contribution in [3.8, 4) is 0 Å². The van der Waals surface area contributed by atoms with Crippen LogP contribution in [0.1, 0.15) is 16.9 Å². The topological polar surface area (TPSA) is 72.1 Å². The molecule has 0 atom stereocenters. The SMILES string of the molecule is COCCCn1c(C(=O)N2CCN(c3ccccc3)CC2)cc2c(=O)n3ccccc3nc21. The van der Waals surface area contributed by atoms with Crippen molar-refractivity contribution in [1.29, 1.82) is 0 Å². The molecule has 1 amide bonds. The summed E-state index contributed by atoms with van der Waals surface area (Å²) in [4.78, 5) is 35.6. The number of nitrogens with zero attached hydrogens (tertiary/aromatic N) is 5. The molecule has 4 aromatic rings. The number of carbonyl (C=O) groups is 1. The fraction of sp³-hybridized carbons (Fsp3) is 0.320. The van der Waals surface area contributed by atoms with Gasteiger partial charge in [0.05, 0.1) is 5.39 Å². The zero-order valence-electron chi connectivity index (χ0n) is 18.7. The van der Waals surface area contributed by atoms with Crippen LogP contribution in [0.25, 0.3) is 16.7 Å². The highest BCUT2D eigenvalue weighted by molar-refractivity contribution is 5.98. The van der Waals surface area contributed by atoms with E-state index >= 15 is 0 Å². The van der Waals surface area contributed by atoms with E-state index in [4.69, 9.17) is 9.72 Å². The van der Waals surface area contributed by atoms with E-state index in [1.807, 2.05) is 33.7 Å². The third-order valence-electron chi connectivity index (χ3n) is 6.21.